The quantitative estimate of drug-likeness (QED) is 0.810. The van der Waals surface area contributed by atoms with Crippen LogP contribution in [0.1, 0.15) is 11.1 Å². The van der Waals surface area contributed by atoms with E-state index in [4.69, 9.17) is 0 Å². The van der Waals surface area contributed by atoms with Crippen molar-refractivity contribution in [1.82, 2.24) is 0 Å². The number of nitrogens with zero attached hydrogens (tertiary/aromatic N) is 3. The molecule has 0 bridgehead atoms. The van der Waals surface area contributed by atoms with Crippen LogP contribution in [0.5, 0.6) is 0 Å². The van der Waals surface area contributed by atoms with Crippen molar-refractivity contribution in [2.45, 2.75) is 10.3 Å². The molecule has 0 amide bonds. The minimum atomic E-state index is -1.29. The van der Waals surface area contributed by atoms with Gasteiger partial charge >= 0.3 is 0 Å². The van der Waals surface area contributed by atoms with E-state index in [1.54, 1.807) is 30.0 Å². The van der Waals surface area contributed by atoms with E-state index in [0.29, 0.717) is 5.71 Å². The molecule has 1 atom stereocenters. The fraction of sp³-hybridized carbons (Fsp3) is 0.118. The van der Waals surface area contributed by atoms with Gasteiger partial charge in [-0.25, -0.2) is 4.39 Å². The molecule has 3 nitrogen and oxygen atoms in total. The zero-order chi connectivity index (χ0) is 15.6. The lowest BCUT2D eigenvalue weighted by Crippen LogP contribution is -2.35. The smallest absolute Gasteiger partial charge is 0.166 e. The Balaban J connectivity index is 2.12. The molecule has 0 aliphatic carbocycles. The van der Waals surface area contributed by atoms with Crippen molar-refractivity contribution in [1.29, 1.82) is 5.26 Å². The van der Waals surface area contributed by atoms with Crippen LogP contribution in [-0.2, 0) is 5.41 Å². The van der Waals surface area contributed by atoms with Crippen molar-refractivity contribution in [2.75, 3.05) is 6.26 Å². The van der Waals surface area contributed by atoms with Crippen molar-refractivity contribution in [3.05, 3.63) is 65.5 Å². The zero-order valence-corrected chi connectivity index (χ0v) is 12.6. The Bertz CT molecular complexity index is 805. The van der Waals surface area contributed by atoms with Crippen molar-refractivity contribution in [3.63, 3.8) is 0 Å². The molecule has 1 aliphatic heterocycles. The highest BCUT2D eigenvalue weighted by atomic mass is 32.2. The van der Waals surface area contributed by atoms with E-state index in [-0.39, 0.29) is 5.56 Å². The summed E-state index contributed by atoms with van der Waals surface area (Å²) < 4.78 is 14.2. The third kappa shape index (κ3) is 2.22. The molecule has 0 radical (unpaired) electrons. The largest absolute Gasteiger partial charge is 0.207 e. The summed E-state index contributed by atoms with van der Waals surface area (Å²) in [6, 6.07) is 16.1. The molecule has 1 heterocycles. The SMILES string of the molecule is CSc1ccc(C2=NN=CC2(C#N)c2ccccc2F)cc1. The van der Waals surface area contributed by atoms with Gasteiger partial charge in [-0.05, 0) is 24.5 Å². The molecule has 0 spiro atoms. The van der Waals surface area contributed by atoms with Crippen molar-refractivity contribution < 1.29 is 4.39 Å². The molecule has 1 unspecified atom stereocenters. The first kappa shape index (κ1) is 14.5. The molecule has 2 aromatic carbocycles. The predicted octanol–water partition coefficient (Wildman–Crippen LogP) is 3.80. The normalized spacial score (nSPS) is 19.8. The maximum atomic E-state index is 14.2. The Morgan fingerprint density at radius 1 is 1.14 bits per heavy atom. The molecule has 5 heteroatoms. The summed E-state index contributed by atoms with van der Waals surface area (Å²) in [4.78, 5) is 1.11. The molecule has 0 aromatic heterocycles. The molecule has 0 saturated carbocycles. The van der Waals surface area contributed by atoms with Gasteiger partial charge < -0.3 is 0 Å². The average Bonchev–Trinajstić information content (AvgIpc) is 3.00. The number of hydrogen-bond acceptors (Lipinski definition) is 4. The van der Waals surface area contributed by atoms with Crippen molar-refractivity contribution in [2.24, 2.45) is 10.2 Å². The molecular weight excluding hydrogens is 297 g/mol. The van der Waals surface area contributed by atoms with Gasteiger partial charge in [0.2, 0.25) is 0 Å². The summed E-state index contributed by atoms with van der Waals surface area (Å²) >= 11 is 1.63. The van der Waals surface area contributed by atoms with E-state index >= 15 is 0 Å². The van der Waals surface area contributed by atoms with Crippen molar-refractivity contribution >= 4 is 23.7 Å². The summed E-state index contributed by atoms with van der Waals surface area (Å²) in [7, 11) is 0. The number of benzene rings is 2. The van der Waals surface area contributed by atoms with Crippen LogP contribution in [0, 0.1) is 17.1 Å². The molecule has 108 valence electrons. The van der Waals surface area contributed by atoms with Crippen LogP contribution in [0.2, 0.25) is 0 Å². The van der Waals surface area contributed by atoms with Crippen LogP contribution in [-0.4, -0.2) is 18.2 Å². The van der Waals surface area contributed by atoms with E-state index < -0.39 is 11.2 Å². The minimum Gasteiger partial charge on any atom is -0.207 e. The Morgan fingerprint density at radius 2 is 1.86 bits per heavy atom. The Labute approximate surface area is 132 Å². The molecule has 0 saturated heterocycles. The van der Waals surface area contributed by atoms with Crippen LogP contribution in [0.15, 0.2) is 63.6 Å². The van der Waals surface area contributed by atoms with Gasteiger partial charge in [0.15, 0.2) is 5.41 Å². The Hall–Kier alpha value is -2.45. The number of rotatable bonds is 3. The first-order chi connectivity index (χ1) is 10.7. The highest BCUT2D eigenvalue weighted by Gasteiger charge is 2.42. The second-order valence-electron chi connectivity index (χ2n) is 4.82. The first-order valence-electron chi connectivity index (χ1n) is 6.64. The molecule has 3 rings (SSSR count). The van der Waals surface area contributed by atoms with Gasteiger partial charge in [-0.1, -0.05) is 30.3 Å². The maximum absolute atomic E-state index is 14.2. The highest BCUT2D eigenvalue weighted by Crippen LogP contribution is 2.32. The van der Waals surface area contributed by atoms with Gasteiger partial charge in [-0.2, -0.15) is 15.5 Å². The minimum absolute atomic E-state index is 0.270. The fourth-order valence-corrected chi connectivity index (χ4v) is 2.88. The van der Waals surface area contributed by atoms with Gasteiger partial charge in [-0.3, -0.25) is 0 Å². The fourth-order valence-electron chi connectivity index (χ4n) is 2.47. The molecule has 22 heavy (non-hydrogen) atoms. The van der Waals surface area contributed by atoms with E-state index in [2.05, 4.69) is 16.3 Å². The molecule has 2 aromatic rings. The van der Waals surface area contributed by atoms with Gasteiger partial charge in [0.25, 0.3) is 0 Å². The summed E-state index contributed by atoms with van der Waals surface area (Å²) in [5.41, 5.74) is 0.200. The van der Waals surface area contributed by atoms with Crippen LogP contribution >= 0.6 is 11.8 Å². The van der Waals surface area contributed by atoms with E-state index in [0.717, 1.165) is 10.5 Å². The average molecular weight is 309 g/mol. The lowest BCUT2D eigenvalue weighted by molar-refractivity contribution is 0.607. The summed E-state index contributed by atoms with van der Waals surface area (Å²) in [5.74, 6) is -0.439. The standard InChI is InChI=1S/C17H12FN3S/c1-22-13-8-6-12(7-9-13)16-17(10-19,11-20-21-16)14-4-2-3-5-15(14)18/h2-9,11H,1H3. The lowest BCUT2D eigenvalue weighted by Gasteiger charge is -2.21. The van der Waals surface area contributed by atoms with Gasteiger partial charge in [0.1, 0.15) is 11.5 Å². The summed E-state index contributed by atoms with van der Waals surface area (Å²) in [5, 5.41) is 17.7. The Kier molecular flexibility index (Phi) is 3.78. The molecule has 1 aliphatic rings. The van der Waals surface area contributed by atoms with E-state index in [1.165, 1.54) is 12.3 Å². The van der Waals surface area contributed by atoms with Gasteiger partial charge in [-0.15, -0.1) is 11.8 Å². The van der Waals surface area contributed by atoms with Crippen LogP contribution in [0.25, 0.3) is 0 Å². The summed E-state index contributed by atoms with van der Waals surface area (Å²) in [6.45, 7) is 0. The van der Waals surface area contributed by atoms with Gasteiger partial charge in [0.05, 0.1) is 12.3 Å². The monoisotopic (exact) mass is 309 g/mol. The number of halogens is 1. The Morgan fingerprint density at radius 3 is 2.50 bits per heavy atom. The van der Waals surface area contributed by atoms with Crippen LogP contribution in [0.4, 0.5) is 4.39 Å². The lowest BCUT2D eigenvalue weighted by atomic mass is 9.76. The van der Waals surface area contributed by atoms with Crippen LogP contribution < -0.4 is 0 Å². The number of thioether (sulfide) groups is 1. The second kappa shape index (κ2) is 5.74. The topological polar surface area (TPSA) is 48.5 Å². The van der Waals surface area contributed by atoms with Crippen LogP contribution in [0.3, 0.4) is 0 Å². The molecule has 0 fully saturated rings. The van der Waals surface area contributed by atoms with E-state index in [9.17, 15) is 9.65 Å². The summed E-state index contributed by atoms with van der Waals surface area (Å²) in [6.07, 6.45) is 3.40. The maximum Gasteiger partial charge on any atom is 0.166 e. The highest BCUT2D eigenvalue weighted by molar-refractivity contribution is 7.98. The first-order valence-corrected chi connectivity index (χ1v) is 7.87. The number of hydrogen-bond donors (Lipinski definition) is 0. The zero-order valence-electron chi connectivity index (χ0n) is 11.8. The van der Waals surface area contributed by atoms with E-state index in [1.807, 2.05) is 30.5 Å². The van der Waals surface area contributed by atoms with Crippen molar-refractivity contribution in [3.8, 4) is 6.07 Å². The van der Waals surface area contributed by atoms with Gasteiger partial charge in [0, 0.05) is 16.0 Å². The molecule has 0 N–H and O–H groups in total. The third-order valence-corrected chi connectivity index (χ3v) is 4.36. The predicted molar refractivity (Wildman–Crippen MR) is 86.9 cm³/mol. The second-order valence-corrected chi connectivity index (χ2v) is 5.70. The molecular formula is C17H12FN3S. The third-order valence-electron chi connectivity index (χ3n) is 3.62. The number of nitriles is 1.